The molecule has 1 fully saturated rings. The van der Waals surface area contributed by atoms with Gasteiger partial charge in [-0.15, -0.1) is 0 Å². The molecule has 0 aromatic carbocycles. The van der Waals surface area contributed by atoms with E-state index >= 15 is 0 Å². The first-order valence-electron chi connectivity index (χ1n) is 4.67. The van der Waals surface area contributed by atoms with Gasteiger partial charge < -0.3 is 10.3 Å². The summed E-state index contributed by atoms with van der Waals surface area (Å²) in [6, 6.07) is 2.02. The fourth-order valence-electron chi connectivity index (χ4n) is 1.61. The molecular weight excluding hydrogens is 164 g/mol. The Kier molecular flexibility index (Phi) is 1.87. The van der Waals surface area contributed by atoms with Crippen LogP contribution in [0.4, 0.5) is 5.69 Å². The lowest BCUT2D eigenvalue weighted by atomic mass is 9.92. The van der Waals surface area contributed by atoms with Crippen LogP contribution >= 0.6 is 0 Å². The molecule has 0 radical (unpaired) electrons. The number of nitrogens with zero attached hydrogens (tertiary/aromatic N) is 1. The van der Waals surface area contributed by atoms with E-state index < -0.39 is 0 Å². The second-order valence-corrected chi connectivity index (χ2v) is 3.74. The van der Waals surface area contributed by atoms with E-state index in [1.807, 2.05) is 6.92 Å². The Labute approximate surface area is 77.2 Å². The first-order valence-corrected chi connectivity index (χ1v) is 4.67. The Bertz CT molecular complexity index is 377. The summed E-state index contributed by atoms with van der Waals surface area (Å²) in [5.41, 5.74) is 7.42. The van der Waals surface area contributed by atoms with Crippen molar-refractivity contribution in [3.05, 3.63) is 28.2 Å². The Morgan fingerprint density at radius 3 is 2.77 bits per heavy atom. The highest BCUT2D eigenvalue weighted by Gasteiger charge is 2.20. The third-order valence-electron chi connectivity index (χ3n) is 2.80. The molecule has 2 N–H and O–H groups in total. The van der Waals surface area contributed by atoms with Gasteiger partial charge >= 0.3 is 0 Å². The molecule has 0 saturated heterocycles. The first kappa shape index (κ1) is 8.35. The smallest absolute Gasteiger partial charge is 0.251 e. The lowest BCUT2D eigenvalue weighted by Gasteiger charge is -2.27. The van der Waals surface area contributed by atoms with Gasteiger partial charge in [0.2, 0.25) is 0 Å². The van der Waals surface area contributed by atoms with Crippen molar-refractivity contribution in [3.63, 3.8) is 0 Å². The number of hydrogen-bond donors (Lipinski definition) is 1. The largest absolute Gasteiger partial charge is 0.397 e. The van der Waals surface area contributed by atoms with Crippen LogP contribution in [0.5, 0.6) is 0 Å². The van der Waals surface area contributed by atoms with Crippen LogP contribution < -0.4 is 11.3 Å². The zero-order valence-electron chi connectivity index (χ0n) is 7.79. The maximum Gasteiger partial charge on any atom is 0.251 e. The zero-order chi connectivity index (χ0) is 9.42. The van der Waals surface area contributed by atoms with E-state index in [-0.39, 0.29) is 5.56 Å². The van der Waals surface area contributed by atoms with E-state index in [9.17, 15) is 4.79 Å². The Morgan fingerprint density at radius 1 is 1.54 bits per heavy atom. The maximum atomic E-state index is 11.5. The molecule has 3 nitrogen and oxygen atoms in total. The second kappa shape index (κ2) is 2.91. The Balaban J connectivity index is 2.45. The number of rotatable bonds is 1. The molecule has 0 atom stereocenters. The molecule has 1 aliphatic rings. The number of aromatic nitrogens is 1. The molecule has 1 aromatic rings. The van der Waals surface area contributed by atoms with Gasteiger partial charge in [0.1, 0.15) is 0 Å². The Morgan fingerprint density at radius 2 is 2.23 bits per heavy atom. The molecular formula is C10H14N2O. The number of hydrogen-bond acceptors (Lipinski definition) is 2. The van der Waals surface area contributed by atoms with Crippen LogP contribution in [0.3, 0.4) is 0 Å². The van der Waals surface area contributed by atoms with Gasteiger partial charge in [0.15, 0.2) is 0 Å². The third-order valence-corrected chi connectivity index (χ3v) is 2.80. The molecule has 0 spiro atoms. The number of anilines is 1. The third kappa shape index (κ3) is 1.34. The zero-order valence-corrected chi connectivity index (χ0v) is 7.79. The van der Waals surface area contributed by atoms with Crippen LogP contribution in [-0.4, -0.2) is 4.57 Å². The van der Waals surface area contributed by atoms with E-state index in [0.717, 1.165) is 18.4 Å². The van der Waals surface area contributed by atoms with Gasteiger partial charge in [-0.25, -0.2) is 0 Å². The molecule has 0 unspecified atom stereocenters. The number of pyridine rings is 1. The van der Waals surface area contributed by atoms with Gasteiger partial charge in [-0.05, 0) is 31.7 Å². The highest BCUT2D eigenvalue weighted by Crippen LogP contribution is 2.30. The van der Waals surface area contributed by atoms with Gasteiger partial charge in [-0.1, -0.05) is 0 Å². The summed E-state index contributed by atoms with van der Waals surface area (Å²) in [6.07, 6.45) is 5.23. The molecule has 13 heavy (non-hydrogen) atoms. The summed E-state index contributed by atoms with van der Waals surface area (Å²) in [7, 11) is 0. The van der Waals surface area contributed by atoms with E-state index in [0.29, 0.717) is 11.7 Å². The molecule has 3 heteroatoms. The van der Waals surface area contributed by atoms with Crippen LogP contribution in [-0.2, 0) is 0 Å². The molecule has 0 bridgehead atoms. The van der Waals surface area contributed by atoms with Crippen molar-refractivity contribution in [3.8, 4) is 0 Å². The topological polar surface area (TPSA) is 48.0 Å². The van der Waals surface area contributed by atoms with Crippen molar-refractivity contribution in [2.45, 2.75) is 32.2 Å². The van der Waals surface area contributed by atoms with E-state index in [1.165, 1.54) is 6.42 Å². The SMILES string of the molecule is Cc1cc(=O)n(C2CCC2)cc1N. The average molecular weight is 178 g/mol. The van der Waals surface area contributed by atoms with Crippen LogP contribution in [0.1, 0.15) is 30.9 Å². The van der Waals surface area contributed by atoms with Crippen molar-refractivity contribution >= 4 is 5.69 Å². The summed E-state index contributed by atoms with van der Waals surface area (Å²) in [5.74, 6) is 0. The average Bonchev–Trinajstić information content (AvgIpc) is 1.96. The molecule has 1 aliphatic carbocycles. The maximum absolute atomic E-state index is 11.5. The molecule has 1 heterocycles. The monoisotopic (exact) mass is 178 g/mol. The summed E-state index contributed by atoms with van der Waals surface area (Å²) in [6.45, 7) is 1.86. The predicted octanol–water partition coefficient (Wildman–Crippen LogP) is 1.46. The lowest BCUT2D eigenvalue weighted by Crippen LogP contribution is -2.28. The number of nitrogens with two attached hydrogens (primary N) is 1. The van der Waals surface area contributed by atoms with Crippen molar-refractivity contribution in [2.24, 2.45) is 0 Å². The summed E-state index contributed by atoms with van der Waals surface area (Å²) < 4.78 is 1.77. The van der Waals surface area contributed by atoms with Gasteiger partial charge in [0.25, 0.3) is 5.56 Å². The molecule has 0 aliphatic heterocycles. The molecule has 0 amide bonds. The highest BCUT2D eigenvalue weighted by atomic mass is 16.1. The van der Waals surface area contributed by atoms with Gasteiger partial charge in [0.05, 0.1) is 5.69 Å². The normalized spacial score (nSPS) is 17.0. The standard InChI is InChI=1S/C10H14N2O/c1-7-5-10(13)12(6-9(7)11)8-3-2-4-8/h5-6,8H,2-4,11H2,1H3. The van der Waals surface area contributed by atoms with Crippen molar-refractivity contribution in [1.29, 1.82) is 0 Å². The summed E-state index contributed by atoms with van der Waals surface area (Å²) >= 11 is 0. The van der Waals surface area contributed by atoms with E-state index in [1.54, 1.807) is 16.8 Å². The predicted molar refractivity (Wildman–Crippen MR) is 52.7 cm³/mol. The van der Waals surface area contributed by atoms with Crippen molar-refractivity contribution in [2.75, 3.05) is 5.73 Å². The van der Waals surface area contributed by atoms with E-state index in [4.69, 9.17) is 5.73 Å². The van der Waals surface area contributed by atoms with Crippen LogP contribution in [0.15, 0.2) is 17.1 Å². The second-order valence-electron chi connectivity index (χ2n) is 3.74. The lowest BCUT2D eigenvalue weighted by molar-refractivity contribution is 0.306. The van der Waals surface area contributed by atoms with Crippen molar-refractivity contribution < 1.29 is 0 Å². The fourth-order valence-corrected chi connectivity index (χ4v) is 1.61. The van der Waals surface area contributed by atoms with Gasteiger partial charge in [0, 0.05) is 18.3 Å². The minimum Gasteiger partial charge on any atom is -0.397 e. The number of aryl methyl sites for hydroxylation is 1. The van der Waals surface area contributed by atoms with Gasteiger partial charge in [-0.3, -0.25) is 4.79 Å². The van der Waals surface area contributed by atoms with Crippen LogP contribution in [0.25, 0.3) is 0 Å². The quantitative estimate of drug-likeness (QED) is 0.707. The highest BCUT2D eigenvalue weighted by molar-refractivity contribution is 5.43. The van der Waals surface area contributed by atoms with Crippen LogP contribution in [0.2, 0.25) is 0 Å². The minimum atomic E-state index is 0.0800. The summed E-state index contributed by atoms with van der Waals surface area (Å²) in [4.78, 5) is 11.5. The summed E-state index contributed by atoms with van der Waals surface area (Å²) in [5, 5.41) is 0. The molecule has 2 rings (SSSR count). The molecule has 1 aromatic heterocycles. The Hall–Kier alpha value is -1.25. The first-order chi connectivity index (χ1) is 6.18. The minimum absolute atomic E-state index is 0.0800. The van der Waals surface area contributed by atoms with Crippen molar-refractivity contribution in [1.82, 2.24) is 4.57 Å². The van der Waals surface area contributed by atoms with Gasteiger partial charge in [-0.2, -0.15) is 0 Å². The molecule has 70 valence electrons. The number of nitrogen functional groups attached to an aromatic ring is 1. The van der Waals surface area contributed by atoms with E-state index in [2.05, 4.69) is 0 Å². The molecule has 1 saturated carbocycles. The fraction of sp³-hybridized carbons (Fsp3) is 0.500. The van der Waals surface area contributed by atoms with Crippen LogP contribution in [0, 0.1) is 6.92 Å².